The Morgan fingerprint density at radius 2 is 1.42 bits per heavy atom. The lowest BCUT2D eigenvalue weighted by Gasteiger charge is -2.23. The number of hydrogen-bond acceptors (Lipinski definition) is 6. The number of hydrogen-bond donors (Lipinski definition) is 4. The van der Waals surface area contributed by atoms with Crippen LogP contribution in [0.2, 0.25) is 0 Å². The molecule has 0 saturated carbocycles. The topological polar surface area (TPSA) is 131 Å². The predicted molar refractivity (Wildman–Crippen MR) is 148 cm³/mol. The van der Waals surface area contributed by atoms with Crippen molar-refractivity contribution in [2.75, 3.05) is 19.8 Å². The number of nitrogens with two attached hydrogens (primary N) is 1. The van der Waals surface area contributed by atoms with Crippen LogP contribution in [0.4, 0.5) is 0 Å². The van der Waals surface area contributed by atoms with Crippen LogP contribution in [0.15, 0.2) is 12.2 Å². The highest BCUT2D eigenvalue weighted by Gasteiger charge is 2.26. The maximum atomic E-state index is 12.5. The first-order valence-corrected chi connectivity index (χ1v) is 15.8. The third-order valence-corrected chi connectivity index (χ3v) is 7.10. The molecule has 0 aromatic rings. The highest BCUT2D eigenvalue weighted by atomic mass is 31.2. The molecule has 9 heteroatoms. The SMILES string of the molecule is CCCCCCC/C=C/C(O)C(COP(=O)(O)OCCN)NC(=O)CCCCCCCCCCCC. The molecule has 0 aliphatic rings. The zero-order valence-electron chi connectivity index (χ0n) is 23.0. The molecule has 5 N–H and O–H groups in total. The van der Waals surface area contributed by atoms with Crippen molar-refractivity contribution in [2.24, 2.45) is 5.73 Å². The summed E-state index contributed by atoms with van der Waals surface area (Å²) in [6.07, 6.45) is 21.3. The Bertz CT molecular complexity index is 591. The Balaban J connectivity index is 4.47. The van der Waals surface area contributed by atoms with Crippen LogP contribution in [0.5, 0.6) is 0 Å². The molecule has 0 aromatic heterocycles. The Morgan fingerprint density at radius 1 is 0.889 bits per heavy atom. The first-order valence-electron chi connectivity index (χ1n) is 14.3. The molecule has 3 atom stereocenters. The number of phosphoric ester groups is 1. The minimum absolute atomic E-state index is 0.0799. The first-order chi connectivity index (χ1) is 17.4. The van der Waals surface area contributed by atoms with Crippen molar-refractivity contribution >= 4 is 13.7 Å². The average molecular weight is 535 g/mol. The Kier molecular flexibility index (Phi) is 24.1. The van der Waals surface area contributed by atoms with Crippen LogP contribution in [-0.2, 0) is 18.4 Å². The number of unbranched alkanes of at least 4 members (excludes halogenated alkanes) is 14. The Labute approximate surface area is 220 Å². The molecule has 0 fully saturated rings. The van der Waals surface area contributed by atoms with E-state index in [9.17, 15) is 19.4 Å². The molecule has 1 amide bonds. The molecule has 0 aromatic carbocycles. The van der Waals surface area contributed by atoms with Gasteiger partial charge in [0.05, 0.1) is 25.4 Å². The van der Waals surface area contributed by atoms with E-state index in [-0.39, 0.29) is 25.7 Å². The van der Waals surface area contributed by atoms with Crippen LogP contribution in [-0.4, -0.2) is 47.8 Å². The van der Waals surface area contributed by atoms with Crippen LogP contribution >= 0.6 is 7.82 Å². The summed E-state index contributed by atoms with van der Waals surface area (Å²) in [5, 5.41) is 13.4. The van der Waals surface area contributed by atoms with Crippen molar-refractivity contribution in [3.05, 3.63) is 12.2 Å². The van der Waals surface area contributed by atoms with E-state index >= 15 is 0 Å². The summed E-state index contributed by atoms with van der Waals surface area (Å²) in [5.74, 6) is -0.203. The van der Waals surface area contributed by atoms with Gasteiger partial charge >= 0.3 is 7.82 Å². The molecule has 0 aliphatic heterocycles. The second-order valence-corrected chi connectivity index (χ2v) is 11.1. The average Bonchev–Trinajstić information content (AvgIpc) is 2.85. The lowest BCUT2D eigenvalue weighted by molar-refractivity contribution is -0.123. The van der Waals surface area contributed by atoms with Gasteiger partial charge in [-0.1, -0.05) is 109 Å². The third kappa shape index (κ3) is 22.4. The summed E-state index contributed by atoms with van der Waals surface area (Å²) < 4.78 is 21.8. The number of nitrogens with one attached hydrogen (secondary N) is 1. The summed E-state index contributed by atoms with van der Waals surface area (Å²) in [7, 11) is -4.31. The van der Waals surface area contributed by atoms with Crippen LogP contribution in [0.1, 0.15) is 123 Å². The summed E-state index contributed by atoms with van der Waals surface area (Å²) >= 11 is 0. The van der Waals surface area contributed by atoms with Crippen molar-refractivity contribution in [3.8, 4) is 0 Å². The maximum absolute atomic E-state index is 12.5. The van der Waals surface area contributed by atoms with Crippen molar-refractivity contribution in [3.63, 3.8) is 0 Å². The highest BCUT2D eigenvalue weighted by Crippen LogP contribution is 2.43. The molecule has 8 nitrogen and oxygen atoms in total. The van der Waals surface area contributed by atoms with Gasteiger partial charge < -0.3 is 21.1 Å². The van der Waals surface area contributed by atoms with Crippen molar-refractivity contribution in [2.45, 2.75) is 135 Å². The molecule has 0 aliphatic carbocycles. The Hall–Kier alpha value is -0.760. The quantitative estimate of drug-likeness (QED) is 0.0594. The fourth-order valence-corrected chi connectivity index (χ4v) is 4.65. The summed E-state index contributed by atoms with van der Waals surface area (Å²) in [6.45, 7) is 4.02. The number of carbonyl (C=O) groups is 1. The third-order valence-electron chi connectivity index (χ3n) is 6.11. The van der Waals surface area contributed by atoms with Crippen molar-refractivity contribution < 1.29 is 28.4 Å². The van der Waals surface area contributed by atoms with Gasteiger partial charge in [0, 0.05) is 13.0 Å². The smallest absolute Gasteiger partial charge is 0.387 e. The van der Waals surface area contributed by atoms with Gasteiger partial charge in [0.1, 0.15) is 0 Å². The number of aliphatic hydroxyl groups excluding tert-OH is 1. The fourth-order valence-electron chi connectivity index (χ4n) is 3.89. The summed E-state index contributed by atoms with van der Waals surface area (Å²) in [4.78, 5) is 22.3. The van der Waals surface area contributed by atoms with Gasteiger partial charge in [0.25, 0.3) is 0 Å². The maximum Gasteiger partial charge on any atom is 0.472 e. The van der Waals surface area contributed by atoms with Gasteiger partial charge in [-0.25, -0.2) is 4.57 Å². The van der Waals surface area contributed by atoms with Gasteiger partial charge in [-0.2, -0.15) is 0 Å². The molecular formula is C27H55N2O6P. The number of allylic oxidation sites excluding steroid dienone is 1. The zero-order chi connectivity index (χ0) is 26.9. The van der Waals surface area contributed by atoms with E-state index in [1.54, 1.807) is 6.08 Å². The van der Waals surface area contributed by atoms with E-state index in [4.69, 9.17) is 14.8 Å². The van der Waals surface area contributed by atoms with Crippen LogP contribution in [0.3, 0.4) is 0 Å². The van der Waals surface area contributed by atoms with Crippen LogP contribution in [0, 0.1) is 0 Å². The number of carbonyl (C=O) groups excluding carboxylic acids is 1. The highest BCUT2D eigenvalue weighted by molar-refractivity contribution is 7.47. The second-order valence-electron chi connectivity index (χ2n) is 9.61. The van der Waals surface area contributed by atoms with Gasteiger partial charge in [-0.05, 0) is 19.3 Å². The zero-order valence-corrected chi connectivity index (χ0v) is 23.9. The number of aliphatic hydroxyl groups is 1. The van der Waals surface area contributed by atoms with Gasteiger partial charge in [0.15, 0.2) is 0 Å². The van der Waals surface area contributed by atoms with E-state index < -0.39 is 20.0 Å². The minimum Gasteiger partial charge on any atom is -0.387 e. The van der Waals surface area contributed by atoms with E-state index in [1.807, 2.05) is 6.08 Å². The van der Waals surface area contributed by atoms with Crippen molar-refractivity contribution in [1.29, 1.82) is 0 Å². The lowest BCUT2D eigenvalue weighted by Crippen LogP contribution is -2.45. The summed E-state index contributed by atoms with van der Waals surface area (Å²) in [5.41, 5.74) is 5.30. The molecular weight excluding hydrogens is 479 g/mol. The Morgan fingerprint density at radius 3 is 1.97 bits per heavy atom. The number of rotatable bonds is 26. The van der Waals surface area contributed by atoms with E-state index in [0.717, 1.165) is 38.5 Å². The van der Waals surface area contributed by atoms with Crippen LogP contribution < -0.4 is 11.1 Å². The van der Waals surface area contributed by atoms with Gasteiger partial charge in [0.2, 0.25) is 5.91 Å². The lowest BCUT2D eigenvalue weighted by atomic mass is 10.1. The molecule has 214 valence electrons. The normalized spacial score (nSPS) is 15.1. The molecule has 0 radical (unpaired) electrons. The first kappa shape index (κ1) is 35.2. The van der Waals surface area contributed by atoms with Crippen LogP contribution in [0.25, 0.3) is 0 Å². The summed E-state index contributed by atoms with van der Waals surface area (Å²) in [6, 6.07) is -0.848. The standard InChI is InChI=1S/C27H55N2O6P/c1-3-5-7-9-11-12-13-15-17-19-21-27(31)29-25(24-35-36(32,33)34-23-22-28)26(30)20-18-16-14-10-8-6-4-2/h18,20,25-26,30H,3-17,19,21-24,28H2,1-2H3,(H,29,31)(H,32,33)/b20-18+. The van der Waals surface area contributed by atoms with Gasteiger partial charge in [-0.3, -0.25) is 13.8 Å². The fraction of sp³-hybridized carbons (Fsp3) is 0.889. The molecule has 0 spiro atoms. The van der Waals surface area contributed by atoms with E-state index in [0.29, 0.717) is 6.42 Å². The molecule has 0 saturated heterocycles. The number of phosphoric acid groups is 1. The van der Waals surface area contributed by atoms with E-state index in [2.05, 4.69) is 19.2 Å². The van der Waals surface area contributed by atoms with Crippen molar-refractivity contribution in [1.82, 2.24) is 5.32 Å². The molecule has 3 unspecified atom stereocenters. The van der Waals surface area contributed by atoms with Gasteiger partial charge in [-0.15, -0.1) is 0 Å². The minimum atomic E-state index is -4.31. The molecule has 0 bridgehead atoms. The van der Waals surface area contributed by atoms with E-state index in [1.165, 1.54) is 64.2 Å². The monoisotopic (exact) mass is 534 g/mol. The second kappa shape index (κ2) is 24.6. The predicted octanol–water partition coefficient (Wildman–Crippen LogP) is 6.15. The molecule has 0 heterocycles. The molecule has 0 rings (SSSR count). The number of amides is 1. The molecule has 36 heavy (non-hydrogen) atoms. The largest absolute Gasteiger partial charge is 0.472 e.